The molecule has 88 valence electrons. The van der Waals surface area contributed by atoms with Crippen LogP contribution in [0.2, 0.25) is 0 Å². The van der Waals surface area contributed by atoms with Gasteiger partial charge in [-0.05, 0) is 13.8 Å². The van der Waals surface area contributed by atoms with Gasteiger partial charge in [0.25, 0.3) is 0 Å². The first-order valence-corrected chi connectivity index (χ1v) is 5.16. The number of carbonyl (C=O) groups is 1. The summed E-state index contributed by atoms with van der Waals surface area (Å²) in [6, 6.07) is -0.121. The monoisotopic (exact) mass is 217 g/mol. The second-order valence-corrected chi connectivity index (χ2v) is 3.88. The minimum Gasteiger partial charge on any atom is -0.468 e. The van der Waals surface area contributed by atoms with Gasteiger partial charge in [0.05, 0.1) is 26.4 Å². The first kappa shape index (κ1) is 12.4. The molecule has 0 amide bonds. The Morgan fingerprint density at radius 3 is 2.93 bits per heavy atom. The Hall–Kier alpha value is -0.650. The molecule has 1 aliphatic heterocycles. The van der Waals surface area contributed by atoms with Gasteiger partial charge < -0.3 is 14.6 Å². The molecule has 0 aromatic heterocycles. The molecule has 1 rings (SSSR count). The van der Waals surface area contributed by atoms with Gasteiger partial charge in [-0.3, -0.25) is 9.69 Å². The van der Waals surface area contributed by atoms with E-state index < -0.39 is 0 Å². The molecule has 15 heavy (non-hydrogen) atoms. The van der Waals surface area contributed by atoms with E-state index in [1.165, 1.54) is 7.11 Å². The van der Waals surface area contributed by atoms with Crippen LogP contribution >= 0.6 is 0 Å². The van der Waals surface area contributed by atoms with Crippen LogP contribution in [0.1, 0.15) is 13.8 Å². The maximum atomic E-state index is 11.4. The summed E-state index contributed by atoms with van der Waals surface area (Å²) in [6.45, 7) is 4.88. The van der Waals surface area contributed by atoms with Crippen LogP contribution in [0, 0.1) is 0 Å². The van der Waals surface area contributed by atoms with E-state index in [1.807, 2.05) is 18.7 Å². The second kappa shape index (κ2) is 5.44. The molecule has 1 saturated heterocycles. The van der Waals surface area contributed by atoms with Gasteiger partial charge in [0.15, 0.2) is 0 Å². The van der Waals surface area contributed by atoms with Crippen LogP contribution < -0.4 is 0 Å². The van der Waals surface area contributed by atoms with Gasteiger partial charge in [-0.25, -0.2) is 0 Å². The van der Waals surface area contributed by atoms with Gasteiger partial charge in [0.1, 0.15) is 6.04 Å². The topological polar surface area (TPSA) is 59.0 Å². The maximum absolute atomic E-state index is 11.4. The molecule has 3 atom stereocenters. The number of esters is 1. The highest BCUT2D eigenvalue weighted by atomic mass is 16.5. The third-order valence-corrected chi connectivity index (χ3v) is 2.80. The van der Waals surface area contributed by atoms with E-state index in [1.54, 1.807) is 0 Å². The Kier molecular flexibility index (Phi) is 4.50. The SMILES string of the molecule is COC(=O)C(C)N1CC(CO)OCC1C. The van der Waals surface area contributed by atoms with Crippen LogP contribution in [0.3, 0.4) is 0 Å². The summed E-state index contributed by atoms with van der Waals surface area (Å²) in [5.74, 6) is -0.250. The van der Waals surface area contributed by atoms with Crippen LogP contribution in [-0.2, 0) is 14.3 Å². The van der Waals surface area contributed by atoms with Gasteiger partial charge in [-0.15, -0.1) is 0 Å². The van der Waals surface area contributed by atoms with Gasteiger partial charge >= 0.3 is 5.97 Å². The zero-order valence-electron chi connectivity index (χ0n) is 9.47. The molecular weight excluding hydrogens is 198 g/mol. The van der Waals surface area contributed by atoms with Crippen LogP contribution in [-0.4, -0.2) is 61.0 Å². The van der Waals surface area contributed by atoms with E-state index in [2.05, 4.69) is 0 Å². The Morgan fingerprint density at radius 2 is 2.40 bits per heavy atom. The van der Waals surface area contributed by atoms with Crippen molar-refractivity contribution in [3.8, 4) is 0 Å². The van der Waals surface area contributed by atoms with E-state index in [-0.39, 0.29) is 30.8 Å². The molecule has 0 radical (unpaired) electrons. The Bertz CT molecular complexity index is 221. The van der Waals surface area contributed by atoms with Crippen molar-refractivity contribution in [3.05, 3.63) is 0 Å². The fraction of sp³-hybridized carbons (Fsp3) is 0.900. The predicted octanol–water partition coefficient (Wildman–Crippen LogP) is -0.371. The number of aliphatic hydroxyl groups excluding tert-OH is 1. The lowest BCUT2D eigenvalue weighted by molar-refractivity contribution is -0.153. The Morgan fingerprint density at radius 1 is 1.73 bits per heavy atom. The van der Waals surface area contributed by atoms with Crippen molar-refractivity contribution in [2.75, 3.05) is 26.9 Å². The van der Waals surface area contributed by atoms with Crippen molar-refractivity contribution >= 4 is 5.97 Å². The third kappa shape index (κ3) is 2.90. The largest absolute Gasteiger partial charge is 0.468 e. The summed E-state index contributed by atoms with van der Waals surface area (Å²) in [7, 11) is 1.38. The van der Waals surface area contributed by atoms with Crippen LogP contribution in [0.5, 0.6) is 0 Å². The molecular formula is C10H19NO4. The summed E-state index contributed by atoms with van der Waals surface area (Å²) in [6.07, 6.45) is -0.201. The van der Waals surface area contributed by atoms with Crippen LogP contribution in [0.25, 0.3) is 0 Å². The Labute approximate surface area is 90.0 Å². The molecule has 5 nitrogen and oxygen atoms in total. The lowest BCUT2D eigenvalue weighted by Crippen LogP contribution is -2.55. The van der Waals surface area contributed by atoms with Crippen molar-refractivity contribution in [1.82, 2.24) is 4.90 Å². The fourth-order valence-electron chi connectivity index (χ4n) is 1.80. The van der Waals surface area contributed by atoms with Crippen LogP contribution in [0.15, 0.2) is 0 Å². The number of methoxy groups -OCH3 is 1. The lowest BCUT2D eigenvalue weighted by Gasteiger charge is -2.39. The zero-order valence-corrected chi connectivity index (χ0v) is 9.47. The first-order valence-electron chi connectivity index (χ1n) is 5.16. The summed E-state index contributed by atoms with van der Waals surface area (Å²) >= 11 is 0. The number of morpholine rings is 1. The number of hydrogen-bond donors (Lipinski definition) is 1. The van der Waals surface area contributed by atoms with Gasteiger partial charge in [-0.2, -0.15) is 0 Å². The normalized spacial score (nSPS) is 29.9. The zero-order chi connectivity index (χ0) is 11.4. The number of nitrogens with zero attached hydrogens (tertiary/aromatic N) is 1. The van der Waals surface area contributed by atoms with E-state index in [9.17, 15) is 4.79 Å². The maximum Gasteiger partial charge on any atom is 0.322 e. The summed E-state index contributed by atoms with van der Waals surface area (Å²) in [4.78, 5) is 13.4. The molecule has 0 bridgehead atoms. The van der Waals surface area contributed by atoms with Gasteiger partial charge in [0.2, 0.25) is 0 Å². The van der Waals surface area contributed by atoms with E-state index >= 15 is 0 Å². The molecule has 0 saturated carbocycles. The standard InChI is InChI=1S/C10H19NO4/c1-7-6-15-9(5-12)4-11(7)8(2)10(13)14-3/h7-9,12H,4-6H2,1-3H3. The highest BCUT2D eigenvalue weighted by Crippen LogP contribution is 2.15. The molecule has 0 aromatic rings. The summed E-state index contributed by atoms with van der Waals surface area (Å²) in [5.41, 5.74) is 0. The number of aliphatic hydroxyl groups is 1. The van der Waals surface area contributed by atoms with Gasteiger partial charge in [0, 0.05) is 12.6 Å². The van der Waals surface area contributed by atoms with E-state index in [4.69, 9.17) is 14.6 Å². The van der Waals surface area contributed by atoms with Crippen molar-refractivity contribution in [2.45, 2.75) is 32.0 Å². The lowest BCUT2D eigenvalue weighted by atomic mass is 10.1. The number of ether oxygens (including phenoxy) is 2. The van der Waals surface area contributed by atoms with Gasteiger partial charge in [-0.1, -0.05) is 0 Å². The minimum absolute atomic E-state index is 0.0168. The average Bonchev–Trinajstić information content (AvgIpc) is 2.27. The number of hydrogen-bond acceptors (Lipinski definition) is 5. The highest BCUT2D eigenvalue weighted by Gasteiger charge is 2.32. The molecule has 1 heterocycles. The molecule has 0 aromatic carbocycles. The van der Waals surface area contributed by atoms with E-state index in [0.717, 1.165) is 0 Å². The first-order chi connectivity index (χ1) is 7.10. The third-order valence-electron chi connectivity index (χ3n) is 2.80. The quantitative estimate of drug-likeness (QED) is 0.654. The van der Waals surface area contributed by atoms with Crippen molar-refractivity contribution < 1.29 is 19.4 Å². The predicted molar refractivity (Wildman–Crippen MR) is 54.5 cm³/mol. The summed E-state index contributed by atoms with van der Waals surface area (Å²) < 4.78 is 10.1. The second-order valence-electron chi connectivity index (χ2n) is 3.88. The molecule has 1 aliphatic rings. The van der Waals surface area contributed by atoms with Crippen molar-refractivity contribution in [2.24, 2.45) is 0 Å². The average molecular weight is 217 g/mol. The molecule has 3 unspecified atom stereocenters. The molecule has 1 fully saturated rings. The molecule has 5 heteroatoms. The Balaban J connectivity index is 2.60. The molecule has 0 spiro atoms. The van der Waals surface area contributed by atoms with Crippen molar-refractivity contribution in [1.29, 1.82) is 0 Å². The van der Waals surface area contributed by atoms with E-state index in [0.29, 0.717) is 13.2 Å². The van der Waals surface area contributed by atoms with Crippen molar-refractivity contribution in [3.63, 3.8) is 0 Å². The number of carbonyl (C=O) groups excluding carboxylic acids is 1. The van der Waals surface area contributed by atoms with Crippen LogP contribution in [0.4, 0.5) is 0 Å². The number of rotatable bonds is 3. The highest BCUT2D eigenvalue weighted by molar-refractivity contribution is 5.75. The molecule has 0 aliphatic carbocycles. The smallest absolute Gasteiger partial charge is 0.322 e. The summed E-state index contributed by atoms with van der Waals surface area (Å²) in [5, 5.41) is 9.00. The minimum atomic E-state index is -0.289. The molecule has 1 N–H and O–H groups in total. The fourth-order valence-corrected chi connectivity index (χ4v) is 1.80.